The van der Waals surface area contributed by atoms with Gasteiger partial charge in [-0.3, -0.25) is 4.98 Å². The number of sulfonamides is 1. The maximum absolute atomic E-state index is 10.8. The van der Waals surface area contributed by atoms with E-state index in [0.29, 0.717) is 0 Å². The summed E-state index contributed by atoms with van der Waals surface area (Å²) in [5.41, 5.74) is 6.58. The number of benzene rings is 2. The van der Waals surface area contributed by atoms with Crippen LogP contribution in [0, 0.1) is 0 Å². The summed E-state index contributed by atoms with van der Waals surface area (Å²) in [6, 6.07) is 18.1. The Bertz CT molecular complexity index is 783. The predicted molar refractivity (Wildman–Crippen MR) is 84.0 cm³/mol. The van der Waals surface area contributed by atoms with Crippen molar-refractivity contribution in [3.8, 4) is 0 Å². The molecular formula is C15H15N3O2S. The van der Waals surface area contributed by atoms with Crippen molar-refractivity contribution in [2.75, 3.05) is 5.73 Å². The van der Waals surface area contributed by atoms with Gasteiger partial charge in [0.2, 0.25) is 10.0 Å². The van der Waals surface area contributed by atoms with Crippen LogP contribution in [0.4, 0.5) is 5.69 Å². The third-order valence-corrected chi connectivity index (χ3v) is 3.72. The Hall–Kier alpha value is -2.44. The highest BCUT2D eigenvalue weighted by Gasteiger charge is 2.09. The fraction of sp³-hybridized carbons (Fsp3) is 0. The normalized spacial score (nSPS) is 10.7. The number of hydrogen-bond donors (Lipinski definition) is 2. The van der Waals surface area contributed by atoms with Gasteiger partial charge in [0.25, 0.3) is 0 Å². The maximum atomic E-state index is 10.8. The molecule has 0 aliphatic heterocycles. The van der Waals surface area contributed by atoms with Crippen molar-refractivity contribution >= 4 is 26.6 Å². The van der Waals surface area contributed by atoms with Gasteiger partial charge in [-0.1, -0.05) is 36.4 Å². The van der Waals surface area contributed by atoms with E-state index in [0.717, 1.165) is 5.52 Å². The number of primary sulfonamides is 1. The van der Waals surface area contributed by atoms with Crippen LogP contribution in [0.2, 0.25) is 0 Å². The molecule has 3 aromatic rings. The van der Waals surface area contributed by atoms with E-state index in [9.17, 15) is 8.42 Å². The van der Waals surface area contributed by atoms with Crippen molar-refractivity contribution in [2.24, 2.45) is 5.14 Å². The van der Waals surface area contributed by atoms with Crippen LogP contribution in [0.3, 0.4) is 0 Å². The van der Waals surface area contributed by atoms with Crippen molar-refractivity contribution in [1.82, 2.24) is 4.98 Å². The zero-order valence-electron chi connectivity index (χ0n) is 11.2. The van der Waals surface area contributed by atoms with E-state index in [2.05, 4.69) is 17.1 Å². The van der Waals surface area contributed by atoms with Crippen molar-refractivity contribution in [1.29, 1.82) is 0 Å². The SMILES string of the molecule is Nc1ccccc1S(N)(=O)=O.c1ccc2ncccc2c1. The summed E-state index contributed by atoms with van der Waals surface area (Å²) in [5, 5.41) is 6.05. The van der Waals surface area contributed by atoms with E-state index < -0.39 is 10.0 Å². The van der Waals surface area contributed by atoms with Gasteiger partial charge < -0.3 is 5.73 Å². The van der Waals surface area contributed by atoms with Gasteiger partial charge in [0.1, 0.15) is 4.90 Å². The Morgan fingerprint density at radius 1 is 0.857 bits per heavy atom. The Labute approximate surface area is 123 Å². The molecule has 1 heterocycles. The van der Waals surface area contributed by atoms with E-state index in [1.165, 1.54) is 17.5 Å². The first-order valence-electron chi connectivity index (χ1n) is 6.15. The molecule has 0 aliphatic rings. The van der Waals surface area contributed by atoms with Gasteiger partial charge in [-0.25, -0.2) is 13.6 Å². The predicted octanol–water partition coefficient (Wildman–Crippen LogP) is 2.15. The summed E-state index contributed by atoms with van der Waals surface area (Å²) in [6.07, 6.45) is 1.81. The summed E-state index contributed by atoms with van der Waals surface area (Å²) in [7, 11) is -3.66. The molecule has 1 aromatic heterocycles. The standard InChI is InChI=1S/C9H7N.C6H8N2O2S/c1-2-6-9-8(4-1)5-3-7-10-9;7-5-3-1-2-4-6(5)11(8,9)10/h1-7H;1-4H,7H2,(H2,8,9,10). The van der Waals surface area contributed by atoms with Crippen molar-refractivity contribution < 1.29 is 8.42 Å². The fourth-order valence-corrected chi connectivity index (χ4v) is 2.42. The second-order valence-corrected chi connectivity index (χ2v) is 5.81. The summed E-state index contributed by atoms with van der Waals surface area (Å²) in [6.45, 7) is 0. The van der Waals surface area contributed by atoms with Gasteiger partial charge in [0, 0.05) is 11.6 Å². The number of anilines is 1. The van der Waals surface area contributed by atoms with Gasteiger partial charge in [-0.15, -0.1) is 0 Å². The second-order valence-electron chi connectivity index (χ2n) is 4.28. The minimum Gasteiger partial charge on any atom is -0.398 e. The molecule has 2 aromatic carbocycles. The summed E-state index contributed by atoms with van der Waals surface area (Å²) < 4.78 is 21.5. The van der Waals surface area contributed by atoms with Crippen LogP contribution in [0.5, 0.6) is 0 Å². The lowest BCUT2D eigenvalue weighted by molar-refractivity contribution is 0.598. The summed E-state index contributed by atoms with van der Waals surface area (Å²) in [4.78, 5) is 4.15. The highest BCUT2D eigenvalue weighted by Crippen LogP contribution is 2.14. The molecule has 0 fully saturated rings. The molecule has 0 atom stereocenters. The molecule has 0 amide bonds. The number of nitrogen functional groups attached to an aromatic ring is 1. The van der Waals surface area contributed by atoms with Gasteiger partial charge in [0.15, 0.2) is 0 Å². The molecule has 6 heteroatoms. The molecule has 5 nitrogen and oxygen atoms in total. The molecule has 21 heavy (non-hydrogen) atoms. The minimum absolute atomic E-state index is 0.0278. The molecule has 4 N–H and O–H groups in total. The second kappa shape index (κ2) is 6.34. The number of pyridine rings is 1. The molecule has 0 spiro atoms. The van der Waals surface area contributed by atoms with Crippen LogP contribution >= 0.6 is 0 Å². The van der Waals surface area contributed by atoms with Gasteiger partial charge in [-0.2, -0.15) is 0 Å². The Balaban J connectivity index is 0.000000154. The average Bonchev–Trinajstić information content (AvgIpc) is 2.47. The highest BCUT2D eigenvalue weighted by molar-refractivity contribution is 7.89. The van der Waals surface area contributed by atoms with Crippen LogP contribution in [0.15, 0.2) is 71.8 Å². The smallest absolute Gasteiger partial charge is 0.240 e. The monoisotopic (exact) mass is 301 g/mol. The third-order valence-electron chi connectivity index (χ3n) is 2.74. The average molecular weight is 301 g/mol. The zero-order valence-corrected chi connectivity index (χ0v) is 12.0. The molecule has 0 unspecified atom stereocenters. The van der Waals surface area contributed by atoms with Crippen LogP contribution in [-0.4, -0.2) is 13.4 Å². The molecule has 0 saturated carbocycles. The van der Waals surface area contributed by atoms with Crippen molar-refractivity contribution in [3.63, 3.8) is 0 Å². The van der Waals surface area contributed by atoms with Crippen LogP contribution in [-0.2, 0) is 10.0 Å². The van der Waals surface area contributed by atoms with Crippen molar-refractivity contribution in [3.05, 3.63) is 66.9 Å². The molecule has 108 valence electrons. The number of hydrogen-bond acceptors (Lipinski definition) is 4. The van der Waals surface area contributed by atoms with E-state index in [1.807, 2.05) is 30.5 Å². The molecule has 0 aliphatic carbocycles. The first-order valence-corrected chi connectivity index (χ1v) is 7.70. The molecule has 0 bridgehead atoms. The van der Waals surface area contributed by atoms with Crippen molar-refractivity contribution in [2.45, 2.75) is 4.90 Å². The molecule has 0 saturated heterocycles. The summed E-state index contributed by atoms with van der Waals surface area (Å²) in [5.74, 6) is 0. The lowest BCUT2D eigenvalue weighted by Crippen LogP contribution is -2.13. The number of para-hydroxylation sites is 2. The van der Waals surface area contributed by atoms with E-state index in [1.54, 1.807) is 12.1 Å². The van der Waals surface area contributed by atoms with Gasteiger partial charge >= 0.3 is 0 Å². The third kappa shape index (κ3) is 4.01. The van der Waals surface area contributed by atoms with Gasteiger partial charge in [0.05, 0.1) is 11.2 Å². The Morgan fingerprint density at radius 3 is 2.10 bits per heavy atom. The zero-order chi connectivity index (χ0) is 15.3. The lowest BCUT2D eigenvalue weighted by atomic mass is 10.2. The van der Waals surface area contributed by atoms with Crippen LogP contribution in [0.25, 0.3) is 10.9 Å². The topological polar surface area (TPSA) is 99.1 Å². The number of nitrogens with two attached hydrogens (primary N) is 2. The molecule has 3 rings (SSSR count). The number of aromatic nitrogens is 1. The first kappa shape index (κ1) is 15.0. The number of fused-ring (bicyclic) bond motifs is 1. The van der Waals surface area contributed by atoms with Crippen LogP contribution < -0.4 is 10.9 Å². The van der Waals surface area contributed by atoms with E-state index >= 15 is 0 Å². The maximum Gasteiger partial charge on any atom is 0.240 e. The number of rotatable bonds is 1. The first-order chi connectivity index (χ1) is 9.98. The Kier molecular flexibility index (Phi) is 4.52. The van der Waals surface area contributed by atoms with Gasteiger partial charge in [-0.05, 0) is 24.3 Å². The highest BCUT2D eigenvalue weighted by atomic mass is 32.2. The largest absolute Gasteiger partial charge is 0.398 e. The minimum atomic E-state index is -3.66. The van der Waals surface area contributed by atoms with E-state index in [4.69, 9.17) is 10.9 Å². The molecular weight excluding hydrogens is 286 g/mol. The fourth-order valence-electron chi connectivity index (χ4n) is 1.76. The van der Waals surface area contributed by atoms with E-state index in [-0.39, 0.29) is 10.6 Å². The Morgan fingerprint density at radius 2 is 1.48 bits per heavy atom. The summed E-state index contributed by atoms with van der Waals surface area (Å²) >= 11 is 0. The molecule has 0 radical (unpaired) electrons. The quantitative estimate of drug-likeness (QED) is 0.673. The number of nitrogens with zero attached hydrogens (tertiary/aromatic N) is 1. The van der Waals surface area contributed by atoms with Crippen LogP contribution in [0.1, 0.15) is 0 Å². The lowest BCUT2D eigenvalue weighted by Gasteiger charge is -2.00.